The Morgan fingerprint density at radius 1 is 1.00 bits per heavy atom. The molecule has 4 rings (SSSR count). The molecule has 0 aromatic heterocycles. The number of carbonyl (C=O) groups is 1. The molecule has 0 unspecified atom stereocenters. The molecule has 4 aliphatic heterocycles. The van der Waals surface area contributed by atoms with Gasteiger partial charge >= 0.3 is 0 Å². The maximum Gasteiger partial charge on any atom is 0.219 e. The third kappa shape index (κ3) is 1.41. The molecule has 0 aromatic carbocycles. The van der Waals surface area contributed by atoms with Gasteiger partial charge in [0.05, 0.1) is 32.6 Å². The maximum atomic E-state index is 12.6. The van der Waals surface area contributed by atoms with Crippen molar-refractivity contribution >= 4 is 5.78 Å². The number of ketones is 1. The minimum Gasteiger partial charge on any atom is -0.297 e. The number of rotatable bonds is 3. The second-order valence-electron chi connectivity index (χ2n) is 7.80. The number of Topliss-reactive ketones (excluding diaryl/α,β-unsaturated/α-hetero) is 1. The second-order valence-corrected chi connectivity index (χ2v) is 7.80. The first kappa shape index (κ1) is 12.6. The van der Waals surface area contributed by atoms with E-state index in [0.29, 0.717) is 11.4 Å². The van der Waals surface area contributed by atoms with Gasteiger partial charge in [0.1, 0.15) is 10.8 Å². The Bertz CT molecular complexity index is 350. The monoisotopic (exact) mass is 252 g/mol. The van der Waals surface area contributed by atoms with Crippen LogP contribution >= 0.6 is 0 Å². The van der Waals surface area contributed by atoms with Crippen molar-refractivity contribution in [3.8, 4) is 0 Å². The largest absolute Gasteiger partial charge is 0.297 e. The van der Waals surface area contributed by atoms with E-state index in [1.54, 1.807) is 9.80 Å². The highest BCUT2D eigenvalue weighted by Crippen LogP contribution is 2.36. The maximum absolute atomic E-state index is 12.6. The van der Waals surface area contributed by atoms with Crippen molar-refractivity contribution < 1.29 is 14.6 Å². The topological polar surface area (TPSA) is 26.0 Å². The fraction of sp³-hybridized carbons (Fsp3) is 0.933. The fourth-order valence-corrected chi connectivity index (χ4v) is 5.10. The van der Waals surface area contributed by atoms with Crippen LogP contribution < -0.4 is 9.80 Å². The molecule has 0 amide bonds. The molecule has 102 valence electrons. The zero-order valence-electron chi connectivity index (χ0n) is 12.4. The lowest BCUT2D eigenvalue weighted by Gasteiger charge is -2.63. The number of hydrogen-bond acceptors (Lipinski definition) is 1. The lowest BCUT2D eigenvalue weighted by Crippen LogP contribution is -3.49. The summed E-state index contributed by atoms with van der Waals surface area (Å²) in [7, 11) is 0. The average Bonchev–Trinajstić information content (AvgIpc) is 2.28. The lowest BCUT2D eigenvalue weighted by molar-refractivity contribution is -1.20. The minimum absolute atomic E-state index is 0.0400. The van der Waals surface area contributed by atoms with E-state index >= 15 is 0 Å². The van der Waals surface area contributed by atoms with Gasteiger partial charge in [0.15, 0.2) is 5.78 Å². The molecule has 0 atom stereocenters. The van der Waals surface area contributed by atoms with E-state index in [4.69, 9.17) is 0 Å². The summed E-state index contributed by atoms with van der Waals surface area (Å²) in [5.41, 5.74) is 0.291. The molecule has 18 heavy (non-hydrogen) atoms. The van der Waals surface area contributed by atoms with Crippen LogP contribution in [0.15, 0.2) is 0 Å². The fourth-order valence-electron chi connectivity index (χ4n) is 5.10. The zero-order chi connectivity index (χ0) is 13.2. The molecule has 0 spiro atoms. The molecule has 0 saturated carbocycles. The van der Waals surface area contributed by atoms with Gasteiger partial charge < -0.3 is 0 Å². The summed E-state index contributed by atoms with van der Waals surface area (Å²) in [6.45, 7) is 13.5. The summed E-state index contributed by atoms with van der Waals surface area (Å²) in [4.78, 5) is 16.0. The number of hydrogen-bond donors (Lipinski definition) is 2. The number of piperidine rings is 2. The third-order valence-corrected chi connectivity index (χ3v) is 6.10. The Morgan fingerprint density at radius 2 is 1.44 bits per heavy atom. The van der Waals surface area contributed by atoms with E-state index in [2.05, 4.69) is 27.7 Å². The third-order valence-electron chi connectivity index (χ3n) is 6.10. The van der Waals surface area contributed by atoms with E-state index < -0.39 is 0 Å². The highest BCUT2D eigenvalue weighted by atomic mass is 16.1. The first-order chi connectivity index (χ1) is 8.34. The van der Waals surface area contributed by atoms with E-state index in [1.807, 2.05) is 0 Å². The molecule has 0 aromatic rings. The van der Waals surface area contributed by atoms with E-state index in [9.17, 15) is 4.79 Å². The highest BCUT2D eigenvalue weighted by molar-refractivity contribution is 5.91. The Kier molecular flexibility index (Phi) is 2.50. The molecule has 4 saturated heterocycles. The molecule has 4 heterocycles. The molecule has 2 N–H and O–H groups in total. The van der Waals surface area contributed by atoms with Crippen LogP contribution in [0.2, 0.25) is 0 Å². The van der Waals surface area contributed by atoms with Gasteiger partial charge in [0.2, 0.25) is 5.66 Å². The summed E-state index contributed by atoms with van der Waals surface area (Å²) >= 11 is 0. The summed E-state index contributed by atoms with van der Waals surface area (Å²) in [6, 6.07) is 0. The molecule has 3 heteroatoms. The molecule has 3 nitrogen and oxygen atoms in total. The van der Waals surface area contributed by atoms with Gasteiger partial charge in [-0.1, -0.05) is 13.3 Å². The number of carbonyl (C=O) groups excluding carboxylic acids is 1. The number of unbranched alkanes of at least 4 members (excludes halogenated alkanes) is 1. The Hall–Kier alpha value is -0.410. The van der Waals surface area contributed by atoms with Gasteiger partial charge in [-0.25, -0.2) is 0 Å². The summed E-state index contributed by atoms with van der Waals surface area (Å²) in [6.07, 6.45) is 3.92. The van der Waals surface area contributed by atoms with Crippen LogP contribution in [-0.4, -0.2) is 37.6 Å². The van der Waals surface area contributed by atoms with Crippen molar-refractivity contribution in [3.63, 3.8) is 0 Å². The van der Waals surface area contributed by atoms with Crippen molar-refractivity contribution in [1.29, 1.82) is 0 Å². The van der Waals surface area contributed by atoms with Crippen molar-refractivity contribution in [2.75, 3.05) is 26.2 Å². The summed E-state index contributed by atoms with van der Waals surface area (Å²) in [5, 5.41) is 0. The zero-order valence-corrected chi connectivity index (χ0v) is 12.4. The summed E-state index contributed by atoms with van der Waals surface area (Å²) < 4.78 is 0. The highest BCUT2D eigenvalue weighted by Gasteiger charge is 2.71. The quantitative estimate of drug-likeness (QED) is 0.681. The van der Waals surface area contributed by atoms with Gasteiger partial charge in [-0.15, -0.1) is 0 Å². The first-order valence-electron chi connectivity index (χ1n) is 7.59. The lowest BCUT2D eigenvalue weighted by atomic mass is 9.60. The average molecular weight is 252 g/mol. The van der Waals surface area contributed by atoms with Crippen molar-refractivity contribution in [2.24, 2.45) is 10.8 Å². The molecule has 4 aliphatic rings. The molecular weight excluding hydrogens is 224 g/mol. The van der Waals surface area contributed by atoms with Gasteiger partial charge in [-0.2, -0.15) is 0 Å². The van der Waals surface area contributed by atoms with Crippen LogP contribution in [0.5, 0.6) is 0 Å². The smallest absolute Gasteiger partial charge is 0.219 e. The van der Waals surface area contributed by atoms with Crippen molar-refractivity contribution in [1.82, 2.24) is 0 Å². The van der Waals surface area contributed by atoms with Crippen molar-refractivity contribution in [3.05, 3.63) is 0 Å². The predicted octanol–water partition coefficient (Wildman–Crippen LogP) is -0.715. The van der Waals surface area contributed by atoms with E-state index in [0.717, 1.165) is 26.2 Å². The van der Waals surface area contributed by atoms with E-state index in [-0.39, 0.29) is 10.8 Å². The van der Waals surface area contributed by atoms with Crippen LogP contribution in [0.3, 0.4) is 0 Å². The molecule has 0 radical (unpaired) electrons. The number of quaternary nitrogens is 2. The normalized spacial score (nSPS) is 54.1. The summed E-state index contributed by atoms with van der Waals surface area (Å²) in [5.74, 6) is 0.556. The predicted molar refractivity (Wildman–Crippen MR) is 70.5 cm³/mol. The minimum atomic E-state index is -0.0400. The molecule has 4 bridgehead atoms. The van der Waals surface area contributed by atoms with Crippen LogP contribution in [0.1, 0.15) is 47.0 Å². The Labute approximate surface area is 111 Å². The molecular formula is C15H28N2O+2. The Balaban J connectivity index is 1.93. The molecule has 0 aliphatic carbocycles. The van der Waals surface area contributed by atoms with Crippen LogP contribution in [0.25, 0.3) is 0 Å². The first-order valence-corrected chi connectivity index (χ1v) is 7.59. The van der Waals surface area contributed by atoms with E-state index in [1.165, 1.54) is 19.3 Å². The van der Waals surface area contributed by atoms with Gasteiger partial charge in [0.25, 0.3) is 0 Å². The van der Waals surface area contributed by atoms with Crippen LogP contribution in [-0.2, 0) is 4.79 Å². The Morgan fingerprint density at radius 3 is 1.83 bits per heavy atom. The number of nitrogens with one attached hydrogen (secondary N) is 2. The second kappa shape index (κ2) is 3.57. The van der Waals surface area contributed by atoms with Gasteiger partial charge in [-0.05, 0) is 20.3 Å². The SMILES string of the molecule is CCCCC1(C)[NH+]2CC3(C)C[NH+]1CC(C)(C2)C3=O. The van der Waals surface area contributed by atoms with Crippen LogP contribution in [0, 0.1) is 10.8 Å². The van der Waals surface area contributed by atoms with Gasteiger partial charge in [0, 0.05) is 6.92 Å². The van der Waals surface area contributed by atoms with Gasteiger partial charge in [-0.3, -0.25) is 14.6 Å². The van der Waals surface area contributed by atoms with Crippen molar-refractivity contribution in [2.45, 2.75) is 52.6 Å². The van der Waals surface area contributed by atoms with Crippen LogP contribution in [0.4, 0.5) is 0 Å². The standard InChI is InChI=1S/C15H26N2O/c1-5-6-7-15(4)16-8-13(2)9-17(15)11-14(3,10-16)12(13)18/h5-11H2,1-4H3/p+2. The molecule has 4 fully saturated rings.